The number of hydrogen-bond acceptors (Lipinski definition) is 4. The molecule has 1 atom stereocenters. The first-order valence-electron chi connectivity index (χ1n) is 9.27. The predicted octanol–water partition coefficient (Wildman–Crippen LogP) is 4.16. The van der Waals surface area contributed by atoms with Crippen LogP contribution in [0.15, 0.2) is 67.0 Å². The first-order valence-corrected chi connectivity index (χ1v) is 9.27. The Morgan fingerprint density at radius 2 is 1.92 bits per heavy atom. The summed E-state index contributed by atoms with van der Waals surface area (Å²) < 4.78 is 12.1. The lowest BCUT2D eigenvalue weighted by Gasteiger charge is -2.32. The minimum atomic E-state index is 0.236. The van der Waals surface area contributed by atoms with Crippen molar-refractivity contribution < 1.29 is 9.47 Å². The fourth-order valence-electron chi connectivity index (χ4n) is 3.45. The number of likely N-dealkylation sites (tertiary alicyclic amines) is 1. The van der Waals surface area contributed by atoms with Gasteiger partial charge in [-0.15, -0.1) is 0 Å². The zero-order valence-electron chi connectivity index (χ0n) is 14.9. The normalized spacial score (nSPS) is 17.9. The van der Waals surface area contributed by atoms with Gasteiger partial charge in [0.15, 0.2) is 0 Å². The molecule has 1 aliphatic heterocycles. The Morgan fingerprint density at radius 3 is 2.85 bits per heavy atom. The van der Waals surface area contributed by atoms with Crippen LogP contribution < -0.4 is 9.47 Å². The van der Waals surface area contributed by atoms with Gasteiger partial charge in [-0.2, -0.15) is 0 Å². The van der Waals surface area contributed by atoms with Gasteiger partial charge in [-0.3, -0.25) is 9.88 Å². The highest BCUT2D eigenvalue weighted by atomic mass is 16.5. The molecule has 4 nitrogen and oxygen atoms in total. The molecule has 0 radical (unpaired) electrons. The summed E-state index contributed by atoms with van der Waals surface area (Å²) >= 11 is 0. The molecule has 26 heavy (non-hydrogen) atoms. The monoisotopic (exact) mass is 348 g/mol. The average Bonchev–Trinajstić information content (AvgIpc) is 2.69. The van der Waals surface area contributed by atoms with Crippen LogP contribution in [0.4, 0.5) is 0 Å². The van der Waals surface area contributed by atoms with E-state index in [2.05, 4.69) is 22.0 Å². The van der Waals surface area contributed by atoms with Crippen LogP contribution in [0.3, 0.4) is 0 Å². The maximum absolute atomic E-state index is 6.26. The van der Waals surface area contributed by atoms with E-state index in [1.165, 1.54) is 5.39 Å². The van der Waals surface area contributed by atoms with Gasteiger partial charge in [0, 0.05) is 30.9 Å². The van der Waals surface area contributed by atoms with E-state index < -0.39 is 0 Å². The highest BCUT2D eigenvalue weighted by Crippen LogP contribution is 2.23. The van der Waals surface area contributed by atoms with Crippen LogP contribution in [0.5, 0.6) is 11.5 Å². The number of aromatic nitrogens is 1. The largest absolute Gasteiger partial charge is 0.492 e. The summed E-state index contributed by atoms with van der Waals surface area (Å²) in [6, 6.07) is 18.2. The van der Waals surface area contributed by atoms with Crippen LogP contribution >= 0.6 is 0 Å². The van der Waals surface area contributed by atoms with E-state index in [1.54, 1.807) is 0 Å². The highest BCUT2D eigenvalue weighted by Gasteiger charge is 2.21. The summed E-state index contributed by atoms with van der Waals surface area (Å²) in [6.45, 7) is 3.70. The summed E-state index contributed by atoms with van der Waals surface area (Å²) in [5.41, 5.74) is 0. The quantitative estimate of drug-likeness (QED) is 0.670. The first-order chi connectivity index (χ1) is 12.9. The Labute approximate surface area is 154 Å². The van der Waals surface area contributed by atoms with E-state index in [1.807, 2.05) is 54.9 Å². The molecular formula is C22H24N2O2. The number of pyridine rings is 1. The van der Waals surface area contributed by atoms with Gasteiger partial charge >= 0.3 is 0 Å². The summed E-state index contributed by atoms with van der Waals surface area (Å²) in [5.74, 6) is 1.87. The summed E-state index contributed by atoms with van der Waals surface area (Å²) in [5, 5.41) is 2.31. The Kier molecular flexibility index (Phi) is 5.31. The lowest BCUT2D eigenvalue weighted by atomic mass is 10.1. The van der Waals surface area contributed by atoms with E-state index in [0.29, 0.717) is 6.61 Å². The maximum Gasteiger partial charge on any atom is 0.120 e. The van der Waals surface area contributed by atoms with Crippen LogP contribution in [0.25, 0.3) is 10.8 Å². The molecule has 1 fully saturated rings. The maximum atomic E-state index is 6.26. The Hall–Kier alpha value is -2.59. The lowest BCUT2D eigenvalue weighted by Crippen LogP contribution is -2.42. The van der Waals surface area contributed by atoms with Crippen molar-refractivity contribution in [2.45, 2.75) is 18.9 Å². The van der Waals surface area contributed by atoms with E-state index in [9.17, 15) is 0 Å². The Bertz CT molecular complexity index is 838. The molecule has 0 spiro atoms. The van der Waals surface area contributed by atoms with E-state index in [-0.39, 0.29) is 6.10 Å². The zero-order chi connectivity index (χ0) is 17.6. The molecule has 0 N–H and O–H groups in total. The second-order valence-electron chi connectivity index (χ2n) is 6.73. The zero-order valence-corrected chi connectivity index (χ0v) is 14.9. The number of hydrogen-bond donors (Lipinski definition) is 0. The molecule has 4 rings (SSSR count). The van der Waals surface area contributed by atoms with E-state index >= 15 is 0 Å². The SMILES string of the molecule is c1ccc(OCCN2CCCC(Oc3ccc4cnccc4c3)C2)cc1. The second kappa shape index (κ2) is 8.19. The van der Waals surface area contributed by atoms with E-state index in [4.69, 9.17) is 9.47 Å². The topological polar surface area (TPSA) is 34.6 Å². The van der Waals surface area contributed by atoms with E-state index in [0.717, 1.165) is 49.4 Å². The standard InChI is InChI=1S/C22H24N2O2/c1-2-5-20(6-3-1)25-14-13-24-12-4-7-22(17-24)26-21-9-8-19-16-23-11-10-18(19)15-21/h1-3,5-6,8-11,15-16,22H,4,7,12-14,17H2. The van der Waals surface area contributed by atoms with Crippen molar-refractivity contribution >= 4 is 10.8 Å². The number of benzene rings is 2. The second-order valence-corrected chi connectivity index (χ2v) is 6.73. The van der Waals surface area contributed by atoms with Gasteiger partial charge in [-0.25, -0.2) is 0 Å². The molecule has 2 aromatic carbocycles. The summed E-state index contributed by atoms with van der Waals surface area (Å²) in [4.78, 5) is 6.59. The molecule has 4 heteroatoms. The van der Waals surface area contributed by atoms with Gasteiger partial charge in [-0.05, 0) is 61.2 Å². The van der Waals surface area contributed by atoms with Crippen molar-refractivity contribution in [1.29, 1.82) is 0 Å². The molecule has 1 aromatic heterocycles. The minimum absolute atomic E-state index is 0.236. The van der Waals surface area contributed by atoms with Crippen LogP contribution in [0, 0.1) is 0 Å². The van der Waals surface area contributed by atoms with Gasteiger partial charge in [0.05, 0.1) is 0 Å². The molecule has 0 amide bonds. The number of piperidine rings is 1. The molecule has 2 heterocycles. The summed E-state index contributed by atoms with van der Waals surface area (Å²) in [7, 11) is 0. The molecule has 0 bridgehead atoms. The number of nitrogens with zero attached hydrogens (tertiary/aromatic N) is 2. The average molecular weight is 348 g/mol. The summed E-state index contributed by atoms with van der Waals surface area (Å²) in [6.07, 6.45) is 6.20. The number of fused-ring (bicyclic) bond motifs is 1. The van der Waals surface area contributed by atoms with Gasteiger partial charge in [0.25, 0.3) is 0 Å². The molecule has 1 unspecified atom stereocenters. The Balaban J connectivity index is 1.30. The molecule has 0 saturated carbocycles. The number of ether oxygens (including phenoxy) is 2. The predicted molar refractivity (Wildman–Crippen MR) is 104 cm³/mol. The van der Waals surface area contributed by atoms with Gasteiger partial charge < -0.3 is 9.47 Å². The van der Waals surface area contributed by atoms with Crippen molar-refractivity contribution in [3.63, 3.8) is 0 Å². The lowest BCUT2D eigenvalue weighted by molar-refractivity contribution is 0.0795. The van der Waals surface area contributed by atoms with Crippen molar-refractivity contribution in [1.82, 2.24) is 9.88 Å². The van der Waals surface area contributed by atoms with Crippen molar-refractivity contribution in [2.24, 2.45) is 0 Å². The first kappa shape index (κ1) is 16.9. The molecular weight excluding hydrogens is 324 g/mol. The fraction of sp³-hybridized carbons (Fsp3) is 0.318. The third kappa shape index (κ3) is 4.33. The molecule has 1 aliphatic rings. The number of rotatable bonds is 6. The Morgan fingerprint density at radius 1 is 1.00 bits per heavy atom. The molecule has 134 valence electrons. The molecule has 0 aliphatic carbocycles. The highest BCUT2D eigenvalue weighted by molar-refractivity contribution is 5.82. The van der Waals surface area contributed by atoms with Crippen LogP contribution in [0.2, 0.25) is 0 Å². The molecule has 3 aromatic rings. The number of para-hydroxylation sites is 1. The van der Waals surface area contributed by atoms with Crippen LogP contribution in [0.1, 0.15) is 12.8 Å². The smallest absolute Gasteiger partial charge is 0.120 e. The van der Waals surface area contributed by atoms with Crippen LogP contribution in [-0.2, 0) is 0 Å². The van der Waals surface area contributed by atoms with Crippen LogP contribution in [-0.4, -0.2) is 42.2 Å². The molecule has 1 saturated heterocycles. The van der Waals surface area contributed by atoms with Crippen molar-refractivity contribution in [2.75, 3.05) is 26.2 Å². The fourth-order valence-corrected chi connectivity index (χ4v) is 3.45. The van der Waals surface area contributed by atoms with Gasteiger partial charge in [0.2, 0.25) is 0 Å². The van der Waals surface area contributed by atoms with Gasteiger partial charge in [0.1, 0.15) is 24.2 Å². The van der Waals surface area contributed by atoms with Crippen molar-refractivity contribution in [3.05, 3.63) is 67.0 Å². The van der Waals surface area contributed by atoms with Crippen molar-refractivity contribution in [3.8, 4) is 11.5 Å². The minimum Gasteiger partial charge on any atom is -0.492 e. The third-order valence-corrected chi connectivity index (χ3v) is 4.80. The van der Waals surface area contributed by atoms with Gasteiger partial charge in [-0.1, -0.05) is 18.2 Å². The third-order valence-electron chi connectivity index (χ3n) is 4.80.